The molecule has 21 heavy (non-hydrogen) atoms. The number of allylic oxidation sites excluding steroid dienone is 1. The largest absolute Gasteiger partial charge is 0.294 e. The number of benzene rings is 2. The summed E-state index contributed by atoms with van der Waals surface area (Å²) >= 11 is 0. The Morgan fingerprint density at radius 2 is 1.76 bits per heavy atom. The summed E-state index contributed by atoms with van der Waals surface area (Å²) in [5.74, 6) is 0.453. The lowest BCUT2D eigenvalue weighted by molar-refractivity contribution is 0.0917. The second-order valence-electron chi connectivity index (χ2n) is 5.66. The molecule has 0 heterocycles. The minimum Gasteiger partial charge on any atom is -0.294 e. The van der Waals surface area contributed by atoms with E-state index in [4.69, 9.17) is 0 Å². The molecule has 3 rings (SSSR count). The molecule has 0 spiro atoms. The number of fused-ring (bicyclic) bond motifs is 1. The second-order valence-corrected chi connectivity index (χ2v) is 5.66. The van der Waals surface area contributed by atoms with Crippen LogP contribution < -0.4 is 0 Å². The van der Waals surface area contributed by atoms with Crippen molar-refractivity contribution in [1.82, 2.24) is 0 Å². The van der Waals surface area contributed by atoms with Crippen molar-refractivity contribution in [2.75, 3.05) is 0 Å². The van der Waals surface area contributed by atoms with Crippen molar-refractivity contribution in [3.05, 3.63) is 77.4 Å². The third-order valence-electron chi connectivity index (χ3n) is 4.18. The quantitative estimate of drug-likeness (QED) is 0.727. The molecule has 0 aromatic heterocycles. The predicted octanol–water partition coefficient (Wildman–Crippen LogP) is 4.93. The van der Waals surface area contributed by atoms with Gasteiger partial charge in [0.2, 0.25) is 0 Å². The van der Waals surface area contributed by atoms with Crippen LogP contribution in [0, 0.1) is 5.92 Å². The molecule has 0 N–H and O–H groups in total. The maximum atomic E-state index is 12.6. The molecule has 0 saturated heterocycles. The van der Waals surface area contributed by atoms with E-state index in [1.165, 1.54) is 11.1 Å². The van der Waals surface area contributed by atoms with Gasteiger partial charge in [-0.3, -0.25) is 4.79 Å². The fraction of sp³-hybridized carbons (Fsp3) is 0.250. The Morgan fingerprint density at radius 1 is 1.00 bits per heavy atom. The van der Waals surface area contributed by atoms with Crippen LogP contribution in [-0.4, -0.2) is 5.78 Å². The zero-order valence-corrected chi connectivity index (χ0v) is 12.2. The highest BCUT2D eigenvalue weighted by Crippen LogP contribution is 2.27. The standard InChI is InChI=1S/C20H20O/c21-20-18(13-6-10-16-8-2-1-3-9-16)14-7-12-17-11-4-5-15-19(17)20/h1-6,8-11,15,18H,7,12-14H2. The van der Waals surface area contributed by atoms with Gasteiger partial charge in [0.05, 0.1) is 0 Å². The third-order valence-corrected chi connectivity index (χ3v) is 4.18. The fourth-order valence-electron chi connectivity index (χ4n) is 3.03. The van der Waals surface area contributed by atoms with Crippen LogP contribution in [0.1, 0.15) is 40.7 Å². The molecule has 1 nitrogen and oxygen atoms in total. The van der Waals surface area contributed by atoms with E-state index in [0.717, 1.165) is 31.2 Å². The summed E-state index contributed by atoms with van der Waals surface area (Å²) in [4.78, 5) is 12.6. The van der Waals surface area contributed by atoms with Gasteiger partial charge in [0.15, 0.2) is 5.78 Å². The number of aryl methyl sites for hydroxylation is 1. The maximum absolute atomic E-state index is 12.6. The lowest BCUT2D eigenvalue weighted by Crippen LogP contribution is -2.13. The first-order valence-electron chi connectivity index (χ1n) is 7.68. The van der Waals surface area contributed by atoms with Gasteiger partial charge in [0.1, 0.15) is 0 Å². The van der Waals surface area contributed by atoms with E-state index in [1.54, 1.807) is 0 Å². The van der Waals surface area contributed by atoms with Crippen LogP contribution in [0.25, 0.3) is 6.08 Å². The van der Waals surface area contributed by atoms with E-state index in [1.807, 2.05) is 36.4 Å². The molecular weight excluding hydrogens is 256 g/mol. The molecule has 2 aromatic carbocycles. The molecule has 0 fully saturated rings. The number of carbonyl (C=O) groups is 1. The highest BCUT2D eigenvalue weighted by Gasteiger charge is 2.23. The molecule has 1 aliphatic carbocycles. The number of hydrogen-bond acceptors (Lipinski definition) is 1. The normalized spacial score (nSPS) is 18.5. The van der Waals surface area contributed by atoms with Crippen molar-refractivity contribution in [3.8, 4) is 0 Å². The average Bonchev–Trinajstić information content (AvgIpc) is 2.69. The van der Waals surface area contributed by atoms with E-state index in [-0.39, 0.29) is 5.92 Å². The lowest BCUT2D eigenvalue weighted by atomic mass is 9.92. The number of rotatable bonds is 3. The first kappa shape index (κ1) is 13.8. The molecule has 2 aromatic rings. The zero-order chi connectivity index (χ0) is 14.5. The van der Waals surface area contributed by atoms with Crippen LogP contribution in [0.4, 0.5) is 0 Å². The first-order chi connectivity index (χ1) is 10.3. The highest BCUT2D eigenvalue weighted by molar-refractivity contribution is 5.99. The first-order valence-corrected chi connectivity index (χ1v) is 7.68. The van der Waals surface area contributed by atoms with Crippen molar-refractivity contribution >= 4 is 11.9 Å². The number of Topliss-reactive ketones (excluding diaryl/α,β-unsaturated/α-hetero) is 1. The van der Waals surface area contributed by atoms with E-state index in [0.29, 0.717) is 5.78 Å². The fourth-order valence-corrected chi connectivity index (χ4v) is 3.03. The summed E-state index contributed by atoms with van der Waals surface area (Å²) in [6, 6.07) is 18.3. The Labute approximate surface area is 126 Å². The molecule has 0 bridgehead atoms. The van der Waals surface area contributed by atoms with Crippen molar-refractivity contribution in [3.63, 3.8) is 0 Å². The smallest absolute Gasteiger partial charge is 0.166 e. The molecule has 106 valence electrons. The summed E-state index contributed by atoms with van der Waals surface area (Å²) in [5.41, 5.74) is 3.35. The highest BCUT2D eigenvalue weighted by atomic mass is 16.1. The number of carbonyl (C=O) groups excluding carboxylic acids is 1. The number of ketones is 1. The molecular formula is C20H20O. The van der Waals surface area contributed by atoms with Crippen LogP contribution in [0.2, 0.25) is 0 Å². The van der Waals surface area contributed by atoms with Gasteiger partial charge >= 0.3 is 0 Å². The molecule has 1 unspecified atom stereocenters. The average molecular weight is 276 g/mol. The van der Waals surface area contributed by atoms with Gasteiger partial charge in [-0.1, -0.05) is 66.7 Å². The van der Waals surface area contributed by atoms with Gasteiger partial charge < -0.3 is 0 Å². The van der Waals surface area contributed by atoms with E-state index in [9.17, 15) is 4.79 Å². The van der Waals surface area contributed by atoms with Crippen LogP contribution in [-0.2, 0) is 6.42 Å². The van der Waals surface area contributed by atoms with Gasteiger partial charge in [-0.25, -0.2) is 0 Å². The van der Waals surface area contributed by atoms with Crippen molar-refractivity contribution < 1.29 is 4.79 Å². The molecule has 0 aliphatic heterocycles. The Hall–Kier alpha value is -2.15. The van der Waals surface area contributed by atoms with Crippen LogP contribution in [0.15, 0.2) is 60.7 Å². The summed E-state index contributed by atoms with van der Waals surface area (Å²) in [6.07, 6.45) is 8.22. The van der Waals surface area contributed by atoms with Crippen molar-refractivity contribution in [1.29, 1.82) is 0 Å². The van der Waals surface area contributed by atoms with Gasteiger partial charge in [0.25, 0.3) is 0 Å². The molecule has 0 radical (unpaired) electrons. The molecule has 1 atom stereocenters. The predicted molar refractivity (Wildman–Crippen MR) is 87.3 cm³/mol. The molecule has 0 saturated carbocycles. The maximum Gasteiger partial charge on any atom is 0.166 e. The van der Waals surface area contributed by atoms with Gasteiger partial charge in [0, 0.05) is 11.5 Å². The molecule has 0 amide bonds. The van der Waals surface area contributed by atoms with Crippen molar-refractivity contribution in [2.24, 2.45) is 5.92 Å². The Bertz CT molecular complexity index is 640. The summed E-state index contributed by atoms with van der Waals surface area (Å²) in [5, 5.41) is 0. The SMILES string of the molecule is O=C1c2ccccc2CCCC1CC=Cc1ccccc1. The van der Waals surface area contributed by atoms with Gasteiger partial charge in [-0.2, -0.15) is 0 Å². The Morgan fingerprint density at radius 3 is 2.62 bits per heavy atom. The third kappa shape index (κ3) is 3.30. The minimum atomic E-state index is 0.133. The summed E-state index contributed by atoms with van der Waals surface area (Å²) < 4.78 is 0. The molecule has 1 aliphatic rings. The summed E-state index contributed by atoms with van der Waals surface area (Å²) in [7, 11) is 0. The van der Waals surface area contributed by atoms with Gasteiger partial charge in [-0.05, 0) is 36.8 Å². The topological polar surface area (TPSA) is 17.1 Å². The van der Waals surface area contributed by atoms with Crippen LogP contribution >= 0.6 is 0 Å². The minimum absolute atomic E-state index is 0.133. The second kappa shape index (κ2) is 6.53. The lowest BCUT2D eigenvalue weighted by Gasteiger charge is -2.11. The molecule has 1 heteroatoms. The van der Waals surface area contributed by atoms with E-state index < -0.39 is 0 Å². The Kier molecular flexibility index (Phi) is 4.30. The van der Waals surface area contributed by atoms with E-state index in [2.05, 4.69) is 30.4 Å². The van der Waals surface area contributed by atoms with Crippen molar-refractivity contribution in [2.45, 2.75) is 25.7 Å². The van der Waals surface area contributed by atoms with Crippen LogP contribution in [0.5, 0.6) is 0 Å². The van der Waals surface area contributed by atoms with Crippen LogP contribution in [0.3, 0.4) is 0 Å². The number of hydrogen-bond donors (Lipinski definition) is 0. The Balaban J connectivity index is 1.72. The van der Waals surface area contributed by atoms with E-state index >= 15 is 0 Å². The monoisotopic (exact) mass is 276 g/mol. The van der Waals surface area contributed by atoms with Gasteiger partial charge in [-0.15, -0.1) is 0 Å². The zero-order valence-electron chi connectivity index (χ0n) is 12.2. The summed E-state index contributed by atoms with van der Waals surface area (Å²) in [6.45, 7) is 0.